The van der Waals surface area contributed by atoms with Crippen LogP contribution in [0.5, 0.6) is 0 Å². The largest absolute Gasteiger partial charge is 0.451 e. The Hall–Kier alpha value is -2.83. The first-order valence-electron chi connectivity index (χ1n) is 12.0. The van der Waals surface area contributed by atoms with Crippen molar-refractivity contribution in [1.82, 2.24) is 20.4 Å². The molecule has 0 bridgehead atoms. The third-order valence-corrected chi connectivity index (χ3v) is 5.93. The summed E-state index contributed by atoms with van der Waals surface area (Å²) in [6.07, 6.45) is -4.32. The third kappa shape index (κ3) is 7.58. The number of morpholine rings is 1. The second kappa shape index (κ2) is 12.4. The Labute approximate surface area is 208 Å². The summed E-state index contributed by atoms with van der Waals surface area (Å²) >= 11 is 0. The molecular weight excluding hydrogens is 485 g/mol. The molecule has 0 radical (unpaired) electrons. The Morgan fingerprint density at radius 3 is 2.14 bits per heavy atom. The molecule has 36 heavy (non-hydrogen) atoms. The number of nitrogens with zero attached hydrogens (tertiary/aromatic N) is 2. The summed E-state index contributed by atoms with van der Waals surface area (Å²) in [6.45, 7) is 8.92. The van der Waals surface area contributed by atoms with E-state index in [0.717, 1.165) is 6.92 Å². The number of carbonyl (C=O) groups excluding carboxylic acids is 4. The molecule has 2 fully saturated rings. The van der Waals surface area contributed by atoms with Crippen molar-refractivity contribution in [2.45, 2.75) is 65.7 Å². The molecule has 2 rings (SSSR count). The molecule has 2 aliphatic rings. The molecule has 0 saturated carbocycles. The lowest BCUT2D eigenvalue weighted by atomic mass is 10.0. The number of urea groups is 1. The molecule has 13 heteroatoms. The molecule has 0 unspecified atom stereocenters. The molecule has 0 aromatic carbocycles. The number of amides is 4. The molecule has 0 aliphatic carbocycles. The van der Waals surface area contributed by atoms with Gasteiger partial charge >= 0.3 is 18.2 Å². The third-order valence-electron chi connectivity index (χ3n) is 5.93. The number of nitrogens with one attached hydrogen (secondary N) is 2. The molecule has 2 saturated heterocycles. The maximum absolute atomic E-state index is 13.6. The van der Waals surface area contributed by atoms with Crippen LogP contribution in [0.25, 0.3) is 0 Å². The molecule has 2 N–H and O–H groups in total. The van der Waals surface area contributed by atoms with Gasteiger partial charge in [-0.2, -0.15) is 13.2 Å². The van der Waals surface area contributed by atoms with E-state index < -0.39 is 59.4 Å². The highest BCUT2D eigenvalue weighted by Gasteiger charge is 2.43. The van der Waals surface area contributed by atoms with Crippen LogP contribution in [-0.2, 0) is 23.9 Å². The number of allylic oxidation sites excluding steroid dienone is 2. The summed E-state index contributed by atoms with van der Waals surface area (Å²) in [5, 5.41) is 4.99. The van der Waals surface area contributed by atoms with Gasteiger partial charge in [0.2, 0.25) is 17.6 Å². The van der Waals surface area contributed by atoms with Crippen LogP contribution in [-0.4, -0.2) is 84.7 Å². The summed E-state index contributed by atoms with van der Waals surface area (Å²) < 4.78 is 50.4. The summed E-state index contributed by atoms with van der Waals surface area (Å²) in [5.74, 6) is -5.23. The molecule has 204 valence electrons. The standard InChI is InChI=1S/C23H35F3N4O6/c1-13(2)17(19(23(24,25)26)36-15(5)31)27-20(32)16-7-6-8-30(16)21(33)18(14(3)4)28-22(34)29-9-11-35-12-10-29/h13-14,16,18H,6-12H2,1-5H3,(H,27,32)(H,28,34)/b19-17+/t16-,18-/m0/s1. The van der Waals surface area contributed by atoms with Crippen molar-refractivity contribution in [1.29, 1.82) is 0 Å². The van der Waals surface area contributed by atoms with Gasteiger partial charge in [-0.05, 0) is 24.7 Å². The zero-order valence-electron chi connectivity index (χ0n) is 21.2. The average Bonchev–Trinajstić information content (AvgIpc) is 3.28. The first-order valence-corrected chi connectivity index (χ1v) is 12.0. The maximum atomic E-state index is 13.6. The minimum absolute atomic E-state index is 0.213. The Bertz CT molecular complexity index is 868. The lowest BCUT2D eigenvalue weighted by Crippen LogP contribution is -2.58. The van der Waals surface area contributed by atoms with Gasteiger partial charge in [0.15, 0.2) is 0 Å². The fraction of sp³-hybridized carbons (Fsp3) is 0.739. The second-order valence-electron chi connectivity index (χ2n) is 9.44. The molecule has 2 heterocycles. The number of likely N-dealkylation sites (tertiary alicyclic amines) is 1. The van der Waals surface area contributed by atoms with Crippen LogP contribution in [0.4, 0.5) is 18.0 Å². The first-order chi connectivity index (χ1) is 16.7. The van der Waals surface area contributed by atoms with Crippen molar-refractivity contribution >= 4 is 23.8 Å². The predicted molar refractivity (Wildman–Crippen MR) is 122 cm³/mol. The molecule has 2 aliphatic heterocycles. The average molecular weight is 521 g/mol. The first kappa shape index (κ1) is 29.4. The molecule has 0 spiro atoms. The monoisotopic (exact) mass is 520 g/mol. The van der Waals surface area contributed by atoms with E-state index in [1.807, 2.05) is 0 Å². The number of esters is 1. The molecule has 10 nitrogen and oxygen atoms in total. The van der Waals surface area contributed by atoms with E-state index in [1.165, 1.54) is 23.6 Å². The highest BCUT2D eigenvalue weighted by atomic mass is 19.4. The van der Waals surface area contributed by atoms with Crippen LogP contribution >= 0.6 is 0 Å². The number of hydrogen-bond donors (Lipinski definition) is 2. The number of halogens is 3. The quantitative estimate of drug-likeness (QED) is 0.393. The Balaban J connectivity index is 2.24. The second-order valence-corrected chi connectivity index (χ2v) is 9.44. The van der Waals surface area contributed by atoms with Gasteiger partial charge < -0.3 is 29.9 Å². The minimum atomic E-state index is -5.02. The van der Waals surface area contributed by atoms with Crippen molar-refractivity contribution in [3.05, 3.63) is 11.5 Å². The van der Waals surface area contributed by atoms with Crippen molar-refractivity contribution in [3.63, 3.8) is 0 Å². The lowest BCUT2D eigenvalue weighted by Gasteiger charge is -2.33. The van der Waals surface area contributed by atoms with E-state index in [9.17, 15) is 32.3 Å². The smallest absolute Gasteiger partial charge is 0.420 e. The summed E-state index contributed by atoms with van der Waals surface area (Å²) in [7, 11) is 0. The van der Waals surface area contributed by atoms with Gasteiger partial charge in [-0.1, -0.05) is 27.7 Å². The maximum Gasteiger partial charge on any atom is 0.451 e. The van der Waals surface area contributed by atoms with E-state index in [0.29, 0.717) is 32.7 Å². The number of alkyl halides is 3. The van der Waals surface area contributed by atoms with Crippen LogP contribution in [0.1, 0.15) is 47.5 Å². The number of hydrogen-bond acceptors (Lipinski definition) is 6. The van der Waals surface area contributed by atoms with E-state index in [-0.39, 0.29) is 18.9 Å². The van der Waals surface area contributed by atoms with Gasteiger partial charge in [-0.25, -0.2) is 4.79 Å². The number of rotatable bonds is 7. The molecule has 0 aromatic rings. The molecule has 4 amide bonds. The van der Waals surface area contributed by atoms with Gasteiger partial charge in [-0.3, -0.25) is 14.4 Å². The van der Waals surface area contributed by atoms with Gasteiger partial charge in [-0.15, -0.1) is 0 Å². The van der Waals surface area contributed by atoms with Crippen LogP contribution in [0.2, 0.25) is 0 Å². The number of ether oxygens (including phenoxy) is 2. The lowest BCUT2D eigenvalue weighted by molar-refractivity contribution is -0.159. The normalized spacial score (nSPS) is 20.2. The molecular formula is C23H35F3N4O6. The van der Waals surface area contributed by atoms with Crippen molar-refractivity contribution in [2.75, 3.05) is 32.8 Å². The Kier molecular flexibility index (Phi) is 10.1. The van der Waals surface area contributed by atoms with E-state index in [2.05, 4.69) is 15.4 Å². The predicted octanol–water partition coefficient (Wildman–Crippen LogP) is 2.15. The summed E-state index contributed by atoms with van der Waals surface area (Å²) in [4.78, 5) is 53.3. The van der Waals surface area contributed by atoms with Gasteiger partial charge in [0.25, 0.3) is 0 Å². The minimum Gasteiger partial charge on any atom is -0.420 e. The van der Waals surface area contributed by atoms with Crippen LogP contribution in [0, 0.1) is 11.8 Å². The SMILES string of the molecule is CC(=O)O/C(=C(/NC(=O)[C@@H]1CCCN1C(=O)[C@@H](NC(=O)N1CCOCC1)C(C)C)C(C)C)C(F)(F)F. The van der Waals surface area contributed by atoms with Crippen molar-refractivity contribution in [2.24, 2.45) is 11.8 Å². The van der Waals surface area contributed by atoms with E-state index in [1.54, 1.807) is 13.8 Å². The van der Waals surface area contributed by atoms with Crippen LogP contribution in [0.3, 0.4) is 0 Å². The van der Waals surface area contributed by atoms with Gasteiger partial charge in [0.05, 0.1) is 18.9 Å². The highest BCUT2D eigenvalue weighted by Crippen LogP contribution is 2.31. The topological polar surface area (TPSA) is 117 Å². The summed E-state index contributed by atoms with van der Waals surface area (Å²) in [6, 6.07) is -2.40. The van der Waals surface area contributed by atoms with Crippen LogP contribution < -0.4 is 10.6 Å². The van der Waals surface area contributed by atoms with Crippen molar-refractivity contribution in [3.8, 4) is 0 Å². The zero-order chi connectivity index (χ0) is 27.2. The summed E-state index contributed by atoms with van der Waals surface area (Å²) in [5.41, 5.74) is -0.594. The molecule has 0 aromatic heterocycles. The van der Waals surface area contributed by atoms with Crippen LogP contribution in [0.15, 0.2) is 11.5 Å². The van der Waals surface area contributed by atoms with E-state index >= 15 is 0 Å². The van der Waals surface area contributed by atoms with Gasteiger partial charge in [0.1, 0.15) is 12.1 Å². The highest BCUT2D eigenvalue weighted by molar-refractivity contribution is 5.93. The number of carbonyl (C=O) groups is 4. The molecule has 2 atom stereocenters. The van der Waals surface area contributed by atoms with E-state index in [4.69, 9.17) is 4.74 Å². The van der Waals surface area contributed by atoms with Crippen molar-refractivity contribution < 1.29 is 41.8 Å². The van der Waals surface area contributed by atoms with Gasteiger partial charge in [0, 0.05) is 26.6 Å². The Morgan fingerprint density at radius 2 is 1.64 bits per heavy atom. The zero-order valence-corrected chi connectivity index (χ0v) is 21.2. The fourth-order valence-electron chi connectivity index (χ4n) is 4.07. The fourth-order valence-corrected chi connectivity index (χ4v) is 4.07. The Morgan fingerprint density at radius 1 is 1.03 bits per heavy atom.